The minimum atomic E-state index is 0.495. The van der Waals surface area contributed by atoms with Crippen LogP contribution < -0.4 is 14.2 Å². The predicted octanol–water partition coefficient (Wildman–Crippen LogP) is 5.29. The molecule has 0 unspecified atom stereocenters. The van der Waals surface area contributed by atoms with Gasteiger partial charge in [0.15, 0.2) is 11.5 Å². The summed E-state index contributed by atoms with van der Waals surface area (Å²) in [6.45, 7) is 2.58. The number of aromatic nitrogens is 1. The Kier molecular flexibility index (Phi) is 6.30. The fraction of sp³-hybridized carbons (Fsp3) is 0.182. The normalized spacial score (nSPS) is 11.0. The molecule has 0 radical (unpaired) electrons. The number of rotatable bonds is 7. The maximum atomic E-state index is 9.62. The first-order valence-corrected chi connectivity index (χ1v) is 9.59. The lowest BCUT2D eigenvalue weighted by molar-refractivity contribution is 0.340. The molecule has 142 valence electrons. The summed E-state index contributed by atoms with van der Waals surface area (Å²) in [5, 5.41) is 12.2. The first kappa shape index (κ1) is 19.5. The topological polar surface area (TPSA) is 64.4 Å². The van der Waals surface area contributed by atoms with Crippen molar-refractivity contribution in [3.05, 3.63) is 58.4 Å². The molecule has 0 bridgehead atoms. The molecular formula is C22H20N2O3S. The molecule has 0 aliphatic heterocycles. The number of hydrogen-bond acceptors (Lipinski definition) is 6. The van der Waals surface area contributed by atoms with E-state index < -0.39 is 0 Å². The van der Waals surface area contributed by atoms with Crippen LogP contribution in [-0.4, -0.2) is 25.8 Å². The number of benzene rings is 2. The van der Waals surface area contributed by atoms with E-state index >= 15 is 0 Å². The van der Waals surface area contributed by atoms with E-state index in [2.05, 4.69) is 11.1 Å². The van der Waals surface area contributed by atoms with Crippen molar-refractivity contribution >= 4 is 23.0 Å². The summed E-state index contributed by atoms with van der Waals surface area (Å²) in [4.78, 5) is 4.63. The van der Waals surface area contributed by atoms with Gasteiger partial charge in [-0.3, -0.25) is 0 Å². The number of methoxy groups -OCH3 is 2. The summed E-state index contributed by atoms with van der Waals surface area (Å²) < 4.78 is 16.0. The standard InChI is InChI=1S/C22H20N2O3S/c1-4-27-18-8-6-16(7-9-18)19-14-28-22(24-19)17(13-23)11-15-5-10-20(25-2)21(12-15)26-3/h5-12,14H,4H2,1-3H3/b17-11+. The van der Waals surface area contributed by atoms with Crippen LogP contribution >= 0.6 is 11.3 Å². The van der Waals surface area contributed by atoms with Gasteiger partial charge in [-0.1, -0.05) is 6.07 Å². The highest BCUT2D eigenvalue weighted by Crippen LogP contribution is 2.31. The van der Waals surface area contributed by atoms with Crippen LogP contribution in [0.1, 0.15) is 17.5 Å². The van der Waals surface area contributed by atoms with Gasteiger partial charge in [0.25, 0.3) is 0 Å². The van der Waals surface area contributed by atoms with Crippen molar-refractivity contribution in [3.63, 3.8) is 0 Å². The zero-order chi connectivity index (χ0) is 19.9. The van der Waals surface area contributed by atoms with E-state index in [4.69, 9.17) is 14.2 Å². The first-order chi connectivity index (χ1) is 13.7. The number of allylic oxidation sites excluding steroid dienone is 1. The van der Waals surface area contributed by atoms with Gasteiger partial charge in [-0.05, 0) is 55.0 Å². The molecule has 0 amide bonds. The van der Waals surface area contributed by atoms with Gasteiger partial charge < -0.3 is 14.2 Å². The Morgan fingerprint density at radius 1 is 1.11 bits per heavy atom. The molecule has 0 fully saturated rings. The Bertz CT molecular complexity index is 1020. The van der Waals surface area contributed by atoms with Crippen LogP contribution in [0.15, 0.2) is 47.8 Å². The number of ether oxygens (including phenoxy) is 3. The monoisotopic (exact) mass is 392 g/mol. The molecule has 1 heterocycles. The van der Waals surface area contributed by atoms with Gasteiger partial charge in [-0.15, -0.1) is 11.3 Å². The second-order valence-electron chi connectivity index (χ2n) is 5.78. The largest absolute Gasteiger partial charge is 0.494 e. The molecule has 28 heavy (non-hydrogen) atoms. The van der Waals surface area contributed by atoms with E-state index in [-0.39, 0.29) is 0 Å². The van der Waals surface area contributed by atoms with Crippen molar-refractivity contribution in [2.45, 2.75) is 6.92 Å². The quantitative estimate of drug-likeness (QED) is 0.511. The van der Waals surface area contributed by atoms with Gasteiger partial charge in [0, 0.05) is 10.9 Å². The highest BCUT2D eigenvalue weighted by atomic mass is 32.1. The van der Waals surface area contributed by atoms with E-state index in [0.29, 0.717) is 28.7 Å². The molecule has 0 saturated heterocycles. The minimum absolute atomic E-state index is 0.495. The third-order valence-electron chi connectivity index (χ3n) is 4.03. The lowest BCUT2D eigenvalue weighted by Crippen LogP contribution is -1.91. The molecule has 0 aliphatic rings. The van der Waals surface area contributed by atoms with Crippen LogP contribution in [0.3, 0.4) is 0 Å². The predicted molar refractivity (Wildman–Crippen MR) is 112 cm³/mol. The lowest BCUT2D eigenvalue weighted by Gasteiger charge is -2.07. The molecule has 2 aromatic carbocycles. The zero-order valence-corrected chi connectivity index (χ0v) is 16.7. The number of thiazole rings is 1. The Morgan fingerprint density at radius 3 is 2.50 bits per heavy atom. The summed E-state index contributed by atoms with van der Waals surface area (Å²) in [5.74, 6) is 2.08. The molecule has 0 spiro atoms. The van der Waals surface area contributed by atoms with Crippen LogP contribution in [0, 0.1) is 11.3 Å². The molecule has 0 saturated carbocycles. The average molecular weight is 392 g/mol. The molecule has 0 aliphatic carbocycles. The summed E-state index contributed by atoms with van der Waals surface area (Å²) in [6, 6.07) is 15.5. The van der Waals surface area contributed by atoms with Crippen molar-refractivity contribution in [1.82, 2.24) is 4.98 Å². The second-order valence-corrected chi connectivity index (χ2v) is 6.64. The van der Waals surface area contributed by atoms with Crippen molar-refractivity contribution in [2.75, 3.05) is 20.8 Å². The molecule has 3 aromatic rings. The third kappa shape index (κ3) is 4.33. The smallest absolute Gasteiger partial charge is 0.161 e. The fourth-order valence-electron chi connectivity index (χ4n) is 2.67. The molecule has 0 N–H and O–H groups in total. The number of hydrogen-bond donors (Lipinski definition) is 0. The Labute approximate surface area is 168 Å². The van der Waals surface area contributed by atoms with E-state index in [0.717, 1.165) is 22.6 Å². The van der Waals surface area contributed by atoms with Crippen molar-refractivity contribution in [2.24, 2.45) is 0 Å². The minimum Gasteiger partial charge on any atom is -0.494 e. The zero-order valence-electron chi connectivity index (χ0n) is 15.9. The second kappa shape index (κ2) is 9.07. The summed E-state index contributed by atoms with van der Waals surface area (Å²) in [5.41, 5.74) is 3.15. The average Bonchev–Trinajstić information content (AvgIpc) is 3.22. The maximum Gasteiger partial charge on any atom is 0.161 e. The summed E-state index contributed by atoms with van der Waals surface area (Å²) in [6.07, 6.45) is 1.79. The van der Waals surface area contributed by atoms with Crippen molar-refractivity contribution in [3.8, 4) is 34.6 Å². The van der Waals surface area contributed by atoms with Gasteiger partial charge in [-0.25, -0.2) is 4.98 Å². The van der Waals surface area contributed by atoms with Crippen LogP contribution in [0.4, 0.5) is 0 Å². The lowest BCUT2D eigenvalue weighted by atomic mass is 10.1. The fourth-order valence-corrected chi connectivity index (χ4v) is 3.46. The maximum absolute atomic E-state index is 9.62. The van der Waals surface area contributed by atoms with E-state index in [1.54, 1.807) is 20.3 Å². The third-order valence-corrected chi connectivity index (χ3v) is 4.91. The SMILES string of the molecule is CCOc1ccc(-c2csc(/C(C#N)=C/c3ccc(OC)c(OC)c3)n2)cc1. The van der Waals surface area contributed by atoms with E-state index in [1.165, 1.54) is 11.3 Å². The van der Waals surface area contributed by atoms with E-state index in [9.17, 15) is 5.26 Å². The van der Waals surface area contributed by atoms with Gasteiger partial charge >= 0.3 is 0 Å². The van der Waals surface area contributed by atoms with Gasteiger partial charge in [0.2, 0.25) is 0 Å². The number of nitrogens with zero attached hydrogens (tertiary/aromatic N) is 2. The van der Waals surface area contributed by atoms with Crippen LogP contribution in [0.2, 0.25) is 0 Å². The van der Waals surface area contributed by atoms with Gasteiger partial charge in [0.1, 0.15) is 16.8 Å². The van der Waals surface area contributed by atoms with Crippen LogP contribution in [0.5, 0.6) is 17.2 Å². The Morgan fingerprint density at radius 2 is 1.86 bits per heavy atom. The highest BCUT2D eigenvalue weighted by Gasteiger charge is 2.10. The van der Waals surface area contributed by atoms with Crippen molar-refractivity contribution in [1.29, 1.82) is 5.26 Å². The molecule has 3 rings (SSSR count). The Hall–Kier alpha value is -3.30. The summed E-state index contributed by atoms with van der Waals surface area (Å²) in [7, 11) is 3.17. The molecule has 6 heteroatoms. The molecular weight excluding hydrogens is 372 g/mol. The number of nitriles is 1. The summed E-state index contributed by atoms with van der Waals surface area (Å²) >= 11 is 1.44. The van der Waals surface area contributed by atoms with Crippen LogP contribution in [0.25, 0.3) is 22.9 Å². The van der Waals surface area contributed by atoms with Crippen molar-refractivity contribution < 1.29 is 14.2 Å². The van der Waals surface area contributed by atoms with Crippen LogP contribution in [-0.2, 0) is 0 Å². The highest BCUT2D eigenvalue weighted by molar-refractivity contribution is 7.11. The van der Waals surface area contributed by atoms with Gasteiger partial charge in [-0.2, -0.15) is 5.26 Å². The molecule has 5 nitrogen and oxygen atoms in total. The molecule has 1 aromatic heterocycles. The Balaban J connectivity index is 1.88. The molecule has 0 atom stereocenters. The van der Waals surface area contributed by atoms with Gasteiger partial charge in [0.05, 0.1) is 32.1 Å². The first-order valence-electron chi connectivity index (χ1n) is 8.71. The van der Waals surface area contributed by atoms with E-state index in [1.807, 2.05) is 54.8 Å².